The highest BCUT2D eigenvalue weighted by atomic mass is 16.2. The second kappa shape index (κ2) is 6.39. The molecule has 0 bridgehead atoms. The number of carbonyl (C=O) groups is 1. The van der Waals surface area contributed by atoms with Gasteiger partial charge in [0.15, 0.2) is 0 Å². The maximum atomic E-state index is 11.9. The van der Waals surface area contributed by atoms with Crippen molar-refractivity contribution in [3.63, 3.8) is 0 Å². The Labute approximate surface area is 103 Å². The SMILES string of the molecule is Cc1ccnn1C(C)C(=O)NCCCN(C)C. The van der Waals surface area contributed by atoms with Crippen LogP contribution in [0, 0.1) is 6.92 Å². The minimum atomic E-state index is -0.246. The van der Waals surface area contributed by atoms with E-state index in [1.54, 1.807) is 10.9 Å². The predicted octanol–water partition coefficient (Wildman–Crippen LogP) is 0.820. The monoisotopic (exact) mass is 238 g/mol. The third kappa shape index (κ3) is 4.19. The molecule has 0 aliphatic heterocycles. The van der Waals surface area contributed by atoms with Crippen LogP contribution >= 0.6 is 0 Å². The van der Waals surface area contributed by atoms with Crippen molar-refractivity contribution < 1.29 is 4.79 Å². The molecular weight excluding hydrogens is 216 g/mol. The van der Waals surface area contributed by atoms with Crippen molar-refractivity contribution in [1.82, 2.24) is 20.0 Å². The molecule has 0 aromatic carbocycles. The van der Waals surface area contributed by atoms with Crippen LogP contribution in [0.4, 0.5) is 0 Å². The average Bonchev–Trinajstić information content (AvgIpc) is 2.69. The van der Waals surface area contributed by atoms with Crippen LogP contribution in [-0.2, 0) is 4.79 Å². The van der Waals surface area contributed by atoms with Crippen LogP contribution in [0.2, 0.25) is 0 Å². The van der Waals surface area contributed by atoms with Gasteiger partial charge in [0.2, 0.25) is 5.91 Å². The summed E-state index contributed by atoms with van der Waals surface area (Å²) in [5.41, 5.74) is 1.00. The lowest BCUT2D eigenvalue weighted by atomic mass is 10.3. The Balaban J connectivity index is 2.35. The van der Waals surface area contributed by atoms with Gasteiger partial charge < -0.3 is 10.2 Å². The van der Waals surface area contributed by atoms with E-state index in [2.05, 4.69) is 15.3 Å². The molecule has 0 saturated carbocycles. The molecule has 1 N–H and O–H groups in total. The fourth-order valence-corrected chi connectivity index (χ4v) is 1.65. The zero-order valence-electron chi connectivity index (χ0n) is 11.1. The zero-order chi connectivity index (χ0) is 12.8. The summed E-state index contributed by atoms with van der Waals surface area (Å²) in [6.45, 7) is 5.50. The second-order valence-electron chi connectivity index (χ2n) is 4.54. The third-order valence-corrected chi connectivity index (χ3v) is 2.70. The van der Waals surface area contributed by atoms with Gasteiger partial charge in [0.25, 0.3) is 0 Å². The van der Waals surface area contributed by atoms with Gasteiger partial charge in [0, 0.05) is 18.4 Å². The first kappa shape index (κ1) is 13.7. The van der Waals surface area contributed by atoms with Gasteiger partial charge in [0.05, 0.1) is 0 Å². The van der Waals surface area contributed by atoms with Crippen LogP contribution in [0.5, 0.6) is 0 Å². The highest BCUT2D eigenvalue weighted by Gasteiger charge is 2.15. The fraction of sp³-hybridized carbons (Fsp3) is 0.667. The molecule has 0 aliphatic rings. The first-order valence-corrected chi connectivity index (χ1v) is 5.95. The molecular formula is C12H22N4O. The smallest absolute Gasteiger partial charge is 0.244 e. The van der Waals surface area contributed by atoms with Gasteiger partial charge in [0.1, 0.15) is 6.04 Å². The lowest BCUT2D eigenvalue weighted by Crippen LogP contribution is -2.33. The molecule has 17 heavy (non-hydrogen) atoms. The van der Waals surface area contributed by atoms with Crippen LogP contribution in [0.25, 0.3) is 0 Å². The van der Waals surface area contributed by atoms with Gasteiger partial charge in [-0.05, 0) is 47.0 Å². The molecule has 1 aromatic rings. The topological polar surface area (TPSA) is 50.2 Å². The van der Waals surface area contributed by atoms with E-state index in [1.165, 1.54) is 0 Å². The highest BCUT2D eigenvalue weighted by Crippen LogP contribution is 2.07. The number of carbonyl (C=O) groups excluding carboxylic acids is 1. The first-order valence-electron chi connectivity index (χ1n) is 5.95. The van der Waals surface area contributed by atoms with E-state index >= 15 is 0 Å². The minimum absolute atomic E-state index is 0.0237. The summed E-state index contributed by atoms with van der Waals surface area (Å²) in [7, 11) is 4.05. The van der Waals surface area contributed by atoms with Crippen molar-refractivity contribution in [2.75, 3.05) is 27.2 Å². The van der Waals surface area contributed by atoms with Crippen molar-refractivity contribution in [2.45, 2.75) is 26.3 Å². The molecule has 96 valence electrons. The van der Waals surface area contributed by atoms with E-state index in [-0.39, 0.29) is 11.9 Å². The maximum absolute atomic E-state index is 11.9. The van der Waals surface area contributed by atoms with Gasteiger partial charge in [-0.1, -0.05) is 0 Å². The van der Waals surface area contributed by atoms with Crippen molar-refractivity contribution in [3.8, 4) is 0 Å². The Hall–Kier alpha value is -1.36. The highest BCUT2D eigenvalue weighted by molar-refractivity contribution is 5.79. The molecule has 1 aromatic heterocycles. The van der Waals surface area contributed by atoms with Gasteiger partial charge in [-0.15, -0.1) is 0 Å². The molecule has 5 nitrogen and oxygen atoms in total. The van der Waals surface area contributed by atoms with Gasteiger partial charge in [-0.3, -0.25) is 9.48 Å². The molecule has 0 aliphatic carbocycles. The summed E-state index contributed by atoms with van der Waals surface area (Å²) in [5.74, 6) is 0.0237. The van der Waals surface area contributed by atoms with E-state index < -0.39 is 0 Å². The van der Waals surface area contributed by atoms with E-state index in [4.69, 9.17) is 0 Å². The summed E-state index contributed by atoms with van der Waals surface area (Å²) in [6.07, 6.45) is 2.68. The van der Waals surface area contributed by atoms with Crippen LogP contribution < -0.4 is 5.32 Å². The predicted molar refractivity (Wildman–Crippen MR) is 67.9 cm³/mol. The van der Waals surface area contributed by atoms with Crippen LogP contribution in [0.3, 0.4) is 0 Å². The maximum Gasteiger partial charge on any atom is 0.244 e. The number of hydrogen-bond acceptors (Lipinski definition) is 3. The van der Waals surface area contributed by atoms with Gasteiger partial charge in [-0.2, -0.15) is 5.10 Å². The van der Waals surface area contributed by atoms with Crippen LogP contribution in [0.15, 0.2) is 12.3 Å². The Kier molecular flexibility index (Phi) is 5.15. The number of hydrogen-bond donors (Lipinski definition) is 1. The summed E-state index contributed by atoms with van der Waals surface area (Å²) >= 11 is 0. The average molecular weight is 238 g/mol. The lowest BCUT2D eigenvalue weighted by molar-refractivity contribution is -0.124. The first-order chi connectivity index (χ1) is 8.02. The molecule has 1 amide bonds. The van der Waals surface area contributed by atoms with Crippen molar-refractivity contribution in [1.29, 1.82) is 0 Å². The minimum Gasteiger partial charge on any atom is -0.354 e. The van der Waals surface area contributed by atoms with Crippen LogP contribution in [-0.4, -0.2) is 47.8 Å². The lowest BCUT2D eigenvalue weighted by Gasteiger charge is -2.15. The number of nitrogens with one attached hydrogen (secondary N) is 1. The normalized spacial score (nSPS) is 12.8. The number of aryl methyl sites for hydroxylation is 1. The Morgan fingerprint density at radius 2 is 2.29 bits per heavy atom. The number of nitrogens with zero attached hydrogens (tertiary/aromatic N) is 3. The largest absolute Gasteiger partial charge is 0.354 e. The van der Waals surface area contributed by atoms with Crippen LogP contribution in [0.1, 0.15) is 25.1 Å². The third-order valence-electron chi connectivity index (χ3n) is 2.70. The molecule has 1 rings (SSSR count). The quantitative estimate of drug-likeness (QED) is 0.747. The second-order valence-corrected chi connectivity index (χ2v) is 4.54. The molecule has 0 radical (unpaired) electrons. The van der Waals surface area contributed by atoms with E-state index in [0.717, 1.165) is 18.7 Å². The molecule has 0 saturated heterocycles. The molecule has 1 heterocycles. The van der Waals surface area contributed by atoms with Crippen molar-refractivity contribution in [3.05, 3.63) is 18.0 Å². The molecule has 1 atom stereocenters. The Morgan fingerprint density at radius 3 is 2.82 bits per heavy atom. The number of aromatic nitrogens is 2. The van der Waals surface area contributed by atoms with E-state index in [9.17, 15) is 4.79 Å². The zero-order valence-corrected chi connectivity index (χ0v) is 11.1. The summed E-state index contributed by atoms with van der Waals surface area (Å²) in [6, 6.07) is 1.65. The van der Waals surface area contributed by atoms with Gasteiger partial charge >= 0.3 is 0 Å². The van der Waals surface area contributed by atoms with E-state index in [0.29, 0.717) is 6.54 Å². The summed E-state index contributed by atoms with van der Waals surface area (Å²) in [4.78, 5) is 14.0. The summed E-state index contributed by atoms with van der Waals surface area (Å²) in [5, 5.41) is 7.07. The van der Waals surface area contributed by atoms with Gasteiger partial charge in [-0.25, -0.2) is 0 Å². The van der Waals surface area contributed by atoms with Crippen molar-refractivity contribution >= 4 is 5.91 Å². The molecule has 5 heteroatoms. The number of rotatable bonds is 6. The summed E-state index contributed by atoms with van der Waals surface area (Å²) < 4.78 is 1.74. The van der Waals surface area contributed by atoms with Crippen molar-refractivity contribution in [2.24, 2.45) is 0 Å². The molecule has 0 fully saturated rings. The number of amides is 1. The molecule has 1 unspecified atom stereocenters. The fourth-order valence-electron chi connectivity index (χ4n) is 1.65. The molecule has 0 spiro atoms. The Bertz CT molecular complexity index is 359. The standard InChI is InChI=1S/C12H22N4O/c1-10-6-8-14-16(10)11(2)12(17)13-7-5-9-15(3)4/h6,8,11H,5,7,9H2,1-4H3,(H,13,17). The van der Waals surface area contributed by atoms with E-state index in [1.807, 2.05) is 34.0 Å². The Morgan fingerprint density at radius 1 is 1.59 bits per heavy atom.